The van der Waals surface area contributed by atoms with Gasteiger partial charge in [0.15, 0.2) is 0 Å². The second kappa shape index (κ2) is 6.76. The van der Waals surface area contributed by atoms with E-state index in [-0.39, 0.29) is 12.2 Å². The number of carbonyl (C=O) groups excluding carboxylic acids is 1. The summed E-state index contributed by atoms with van der Waals surface area (Å²) in [7, 11) is 0. The number of aliphatic hydroxyl groups is 1. The van der Waals surface area contributed by atoms with Crippen molar-refractivity contribution >= 4 is 11.7 Å². The van der Waals surface area contributed by atoms with Crippen molar-refractivity contribution in [3.63, 3.8) is 0 Å². The fourth-order valence-electron chi connectivity index (χ4n) is 2.27. The number of nitrogens with one attached hydrogen (secondary N) is 2. The Morgan fingerprint density at radius 1 is 1.35 bits per heavy atom. The summed E-state index contributed by atoms with van der Waals surface area (Å²) in [6.45, 7) is 2.43. The van der Waals surface area contributed by atoms with Crippen molar-refractivity contribution in [2.24, 2.45) is 0 Å². The molecule has 0 unspecified atom stereocenters. The van der Waals surface area contributed by atoms with Gasteiger partial charge in [-0.3, -0.25) is 0 Å². The maximum atomic E-state index is 12.7. The molecule has 2 amide bonds. The van der Waals surface area contributed by atoms with Gasteiger partial charge in [0.1, 0.15) is 0 Å². The van der Waals surface area contributed by atoms with Gasteiger partial charge in [0, 0.05) is 38.3 Å². The minimum Gasteiger partial charge on any atom is -0.388 e. The average molecular weight is 332 g/mol. The van der Waals surface area contributed by atoms with E-state index >= 15 is 0 Å². The number of hydrogen-bond acceptors (Lipinski definition) is 3. The third kappa shape index (κ3) is 4.84. The van der Waals surface area contributed by atoms with Crippen LogP contribution in [0.1, 0.15) is 24.0 Å². The highest BCUT2D eigenvalue weighted by molar-refractivity contribution is 5.90. The van der Waals surface area contributed by atoms with E-state index in [4.69, 9.17) is 4.74 Å². The van der Waals surface area contributed by atoms with Crippen LogP contribution in [0, 0.1) is 6.92 Å². The smallest absolute Gasteiger partial charge is 0.388 e. The van der Waals surface area contributed by atoms with Crippen LogP contribution in [0.2, 0.25) is 0 Å². The number of halogens is 3. The molecule has 0 aliphatic carbocycles. The van der Waals surface area contributed by atoms with Crippen LogP contribution in [0.15, 0.2) is 18.2 Å². The van der Waals surface area contributed by atoms with E-state index in [9.17, 15) is 23.1 Å². The van der Waals surface area contributed by atoms with Crippen molar-refractivity contribution in [2.75, 3.05) is 25.1 Å². The Kier molecular flexibility index (Phi) is 5.16. The van der Waals surface area contributed by atoms with Crippen LogP contribution in [-0.4, -0.2) is 36.5 Å². The fourth-order valence-corrected chi connectivity index (χ4v) is 2.27. The largest absolute Gasteiger partial charge is 0.416 e. The van der Waals surface area contributed by atoms with Crippen LogP contribution in [0.3, 0.4) is 0 Å². The first-order valence-corrected chi connectivity index (χ1v) is 7.22. The molecular weight excluding hydrogens is 313 g/mol. The topological polar surface area (TPSA) is 70.6 Å². The second-order valence-corrected chi connectivity index (χ2v) is 5.67. The molecule has 128 valence electrons. The first-order chi connectivity index (χ1) is 10.7. The zero-order valence-corrected chi connectivity index (χ0v) is 12.7. The Hall–Kier alpha value is -1.80. The summed E-state index contributed by atoms with van der Waals surface area (Å²) < 4.78 is 43.2. The summed E-state index contributed by atoms with van der Waals surface area (Å²) in [4.78, 5) is 11.9. The number of ether oxygens (including phenoxy) is 1. The number of urea groups is 1. The first-order valence-electron chi connectivity index (χ1n) is 7.22. The third-order valence-electron chi connectivity index (χ3n) is 3.81. The van der Waals surface area contributed by atoms with Crippen LogP contribution < -0.4 is 10.6 Å². The number of anilines is 1. The molecule has 1 aliphatic rings. The Morgan fingerprint density at radius 3 is 2.61 bits per heavy atom. The summed E-state index contributed by atoms with van der Waals surface area (Å²) >= 11 is 0. The van der Waals surface area contributed by atoms with Gasteiger partial charge in [-0.05, 0) is 24.6 Å². The predicted octanol–water partition coefficient (Wildman–Crippen LogP) is 2.68. The molecule has 0 saturated carbocycles. The molecule has 0 aromatic heterocycles. The van der Waals surface area contributed by atoms with Crippen molar-refractivity contribution in [2.45, 2.75) is 31.5 Å². The number of carbonyl (C=O) groups is 1. The average Bonchev–Trinajstić information content (AvgIpc) is 2.47. The Labute approximate surface area is 131 Å². The number of aryl methyl sites for hydroxylation is 1. The highest BCUT2D eigenvalue weighted by Crippen LogP contribution is 2.32. The number of benzene rings is 1. The molecule has 8 heteroatoms. The van der Waals surface area contributed by atoms with E-state index in [1.807, 2.05) is 0 Å². The number of amides is 2. The molecule has 0 atom stereocenters. The van der Waals surface area contributed by atoms with Crippen molar-refractivity contribution in [1.82, 2.24) is 5.32 Å². The van der Waals surface area contributed by atoms with E-state index in [0.29, 0.717) is 31.6 Å². The van der Waals surface area contributed by atoms with Crippen LogP contribution in [0.25, 0.3) is 0 Å². The minimum absolute atomic E-state index is 0.0141. The molecule has 2 rings (SSSR count). The molecule has 1 aromatic rings. The van der Waals surface area contributed by atoms with Crippen LogP contribution in [0.5, 0.6) is 0 Å². The summed E-state index contributed by atoms with van der Waals surface area (Å²) in [5, 5.41) is 15.1. The van der Waals surface area contributed by atoms with Crippen molar-refractivity contribution in [1.29, 1.82) is 0 Å². The summed E-state index contributed by atoms with van der Waals surface area (Å²) in [6, 6.07) is 2.48. The van der Waals surface area contributed by atoms with E-state index in [2.05, 4.69) is 10.6 Å². The van der Waals surface area contributed by atoms with Gasteiger partial charge in [0.25, 0.3) is 0 Å². The molecule has 1 fully saturated rings. The highest BCUT2D eigenvalue weighted by atomic mass is 19.4. The molecule has 5 nitrogen and oxygen atoms in total. The van der Waals surface area contributed by atoms with Crippen molar-refractivity contribution in [3.05, 3.63) is 29.3 Å². The number of hydrogen-bond donors (Lipinski definition) is 3. The quantitative estimate of drug-likeness (QED) is 0.797. The van der Waals surface area contributed by atoms with Crippen LogP contribution in [-0.2, 0) is 10.9 Å². The van der Waals surface area contributed by atoms with Gasteiger partial charge in [-0.25, -0.2) is 4.79 Å². The molecule has 0 bridgehead atoms. The molecule has 0 radical (unpaired) electrons. The van der Waals surface area contributed by atoms with Gasteiger partial charge in [-0.2, -0.15) is 13.2 Å². The minimum atomic E-state index is -4.47. The lowest BCUT2D eigenvalue weighted by Gasteiger charge is -2.32. The molecule has 1 saturated heterocycles. The SMILES string of the molecule is Cc1ccc(C(F)(F)F)cc1NC(=O)NCC1(O)CCOCC1. The monoisotopic (exact) mass is 332 g/mol. The molecule has 23 heavy (non-hydrogen) atoms. The summed E-state index contributed by atoms with van der Waals surface area (Å²) in [5.74, 6) is 0. The van der Waals surface area contributed by atoms with Crippen LogP contribution >= 0.6 is 0 Å². The zero-order valence-electron chi connectivity index (χ0n) is 12.7. The fraction of sp³-hybridized carbons (Fsp3) is 0.533. The molecule has 0 spiro atoms. The maximum Gasteiger partial charge on any atom is 0.416 e. The highest BCUT2D eigenvalue weighted by Gasteiger charge is 2.32. The van der Waals surface area contributed by atoms with Gasteiger partial charge >= 0.3 is 12.2 Å². The lowest BCUT2D eigenvalue weighted by molar-refractivity contribution is -0.137. The number of rotatable bonds is 3. The second-order valence-electron chi connectivity index (χ2n) is 5.67. The molecule has 1 aliphatic heterocycles. The summed E-state index contributed by atoms with van der Waals surface area (Å²) in [6.07, 6.45) is -3.68. The molecule has 1 heterocycles. The standard InChI is InChI=1S/C15H19F3N2O3/c1-10-2-3-11(15(16,17)18)8-12(10)20-13(21)19-9-14(22)4-6-23-7-5-14/h2-3,8,22H,4-7,9H2,1H3,(H2,19,20,21). The third-order valence-corrected chi connectivity index (χ3v) is 3.81. The van der Waals surface area contributed by atoms with E-state index < -0.39 is 23.4 Å². The van der Waals surface area contributed by atoms with Gasteiger partial charge in [0.2, 0.25) is 0 Å². The first kappa shape index (κ1) is 17.6. The van der Waals surface area contributed by atoms with E-state index in [1.54, 1.807) is 6.92 Å². The number of alkyl halides is 3. The Bertz CT molecular complexity index is 570. The normalized spacial score (nSPS) is 17.6. The maximum absolute atomic E-state index is 12.7. The molecule has 1 aromatic carbocycles. The lowest BCUT2D eigenvalue weighted by atomic mass is 9.94. The predicted molar refractivity (Wildman–Crippen MR) is 78.2 cm³/mol. The van der Waals surface area contributed by atoms with Crippen molar-refractivity contribution < 1.29 is 27.8 Å². The molecular formula is C15H19F3N2O3. The van der Waals surface area contributed by atoms with Crippen molar-refractivity contribution in [3.8, 4) is 0 Å². The lowest BCUT2D eigenvalue weighted by Crippen LogP contribution is -2.47. The molecule has 3 N–H and O–H groups in total. The Morgan fingerprint density at radius 2 is 2.00 bits per heavy atom. The van der Waals surface area contributed by atoms with E-state index in [1.165, 1.54) is 6.07 Å². The van der Waals surface area contributed by atoms with Crippen LogP contribution in [0.4, 0.5) is 23.7 Å². The summed E-state index contributed by atoms with van der Waals surface area (Å²) in [5.41, 5.74) is -1.28. The zero-order chi connectivity index (χ0) is 17.1. The van der Waals surface area contributed by atoms with Gasteiger partial charge in [-0.1, -0.05) is 6.07 Å². The Balaban J connectivity index is 1.97. The van der Waals surface area contributed by atoms with E-state index in [0.717, 1.165) is 12.1 Å². The van der Waals surface area contributed by atoms with Gasteiger partial charge in [-0.15, -0.1) is 0 Å². The van der Waals surface area contributed by atoms with Gasteiger partial charge < -0.3 is 20.5 Å². The van der Waals surface area contributed by atoms with Gasteiger partial charge in [0.05, 0.1) is 11.2 Å².